The van der Waals surface area contributed by atoms with Gasteiger partial charge in [-0.1, -0.05) is 35.3 Å². The number of aryl methyl sites for hydroxylation is 1. The number of pyridine rings is 1. The number of carbonyl (C=O) groups excluding carboxylic acids is 1. The molecule has 1 saturated carbocycles. The van der Waals surface area contributed by atoms with E-state index < -0.39 is 38.3 Å². The third-order valence-electron chi connectivity index (χ3n) is 9.44. The molecule has 2 fully saturated rings. The molecule has 1 N–H and O–H groups in total. The van der Waals surface area contributed by atoms with E-state index in [0.29, 0.717) is 65.4 Å². The van der Waals surface area contributed by atoms with Crippen molar-refractivity contribution in [2.45, 2.75) is 67.2 Å². The van der Waals surface area contributed by atoms with E-state index in [1.54, 1.807) is 35.2 Å². The lowest BCUT2D eigenvalue weighted by atomic mass is 9.79. The Morgan fingerprint density at radius 2 is 1.64 bits per heavy atom. The van der Waals surface area contributed by atoms with E-state index in [-0.39, 0.29) is 42.2 Å². The molecular formula is C32H31Cl2FN2O6S. The van der Waals surface area contributed by atoms with Crippen molar-refractivity contribution < 1.29 is 32.2 Å². The average Bonchev–Trinajstić information content (AvgIpc) is 3.42. The standard InChI is InChI=1S/C32H31Cl2FN2O6S/c33-25-2-1-3-26(34)23(25)18-43-29-15-12-24-27(36-29)13-14-28-32(24,44(41,42)22-10-8-21(35)9-11-22)16-17-37(28)30(38)19-4-6-20(7-5-19)31(39)40/h1-3,8-12,15,19-20,28H,4-7,13-14,16-18H2,(H,39,40)/t19-,20-,28?,32?. The van der Waals surface area contributed by atoms with Crippen LogP contribution in [0.1, 0.15) is 55.3 Å². The van der Waals surface area contributed by atoms with Gasteiger partial charge in [-0.25, -0.2) is 17.8 Å². The van der Waals surface area contributed by atoms with Crippen molar-refractivity contribution in [3.8, 4) is 5.88 Å². The number of hydrogen-bond acceptors (Lipinski definition) is 6. The smallest absolute Gasteiger partial charge is 0.306 e. The van der Waals surface area contributed by atoms with E-state index in [1.165, 1.54) is 12.1 Å². The highest BCUT2D eigenvalue weighted by molar-refractivity contribution is 7.92. The fraction of sp³-hybridized carbons (Fsp3) is 0.406. The second kappa shape index (κ2) is 11.9. The molecule has 0 spiro atoms. The van der Waals surface area contributed by atoms with Crippen LogP contribution in [0.15, 0.2) is 59.5 Å². The van der Waals surface area contributed by atoms with Crippen molar-refractivity contribution >= 4 is 44.9 Å². The summed E-state index contributed by atoms with van der Waals surface area (Å²) in [6.07, 6.45) is 2.65. The zero-order valence-corrected chi connectivity index (χ0v) is 26.0. The SMILES string of the molecule is O=C(O)[C@H]1CC[C@H](C(=O)N2CCC3(S(=O)(=O)c4ccc(F)cc4)c4ccc(OCc5c(Cl)cccc5Cl)nc4CCC23)CC1. The van der Waals surface area contributed by atoms with Crippen LogP contribution in [0, 0.1) is 17.7 Å². The molecule has 1 aliphatic heterocycles. The highest BCUT2D eigenvalue weighted by atomic mass is 35.5. The summed E-state index contributed by atoms with van der Waals surface area (Å²) in [7, 11) is -4.14. The van der Waals surface area contributed by atoms with E-state index in [4.69, 9.17) is 32.9 Å². The highest BCUT2D eigenvalue weighted by Gasteiger charge is 2.61. The van der Waals surface area contributed by atoms with Gasteiger partial charge in [0.2, 0.25) is 11.8 Å². The Balaban J connectivity index is 1.35. The normalized spacial score (nSPS) is 24.8. The maximum atomic E-state index is 14.6. The van der Waals surface area contributed by atoms with Gasteiger partial charge in [0.05, 0.1) is 16.9 Å². The van der Waals surface area contributed by atoms with Gasteiger partial charge in [-0.3, -0.25) is 9.59 Å². The number of aromatic nitrogens is 1. The maximum absolute atomic E-state index is 14.6. The number of rotatable bonds is 7. The first-order valence-corrected chi connectivity index (χ1v) is 16.9. The number of sulfone groups is 1. The lowest BCUT2D eigenvalue weighted by molar-refractivity contribution is -0.146. The largest absolute Gasteiger partial charge is 0.481 e. The van der Waals surface area contributed by atoms with Crippen molar-refractivity contribution in [1.82, 2.24) is 9.88 Å². The van der Waals surface area contributed by atoms with Crippen molar-refractivity contribution in [1.29, 1.82) is 0 Å². The summed E-state index contributed by atoms with van der Waals surface area (Å²) in [6, 6.07) is 12.6. The van der Waals surface area contributed by atoms with Crippen LogP contribution in [0.25, 0.3) is 0 Å². The molecular weight excluding hydrogens is 630 g/mol. The average molecular weight is 662 g/mol. The Morgan fingerprint density at radius 1 is 0.977 bits per heavy atom. The second-order valence-corrected chi connectivity index (χ2v) is 14.7. The lowest BCUT2D eigenvalue weighted by Gasteiger charge is -2.43. The minimum absolute atomic E-state index is 0.0262. The molecule has 1 aromatic heterocycles. The zero-order valence-electron chi connectivity index (χ0n) is 23.7. The molecule has 2 heterocycles. The van der Waals surface area contributed by atoms with Gasteiger partial charge in [0, 0.05) is 39.8 Å². The number of carbonyl (C=O) groups is 2. The molecule has 12 heteroatoms. The Bertz CT molecular complexity index is 1690. The molecule has 3 aliphatic rings. The summed E-state index contributed by atoms with van der Waals surface area (Å²) in [6.45, 7) is 0.295. The summed E-state index contributed by atoms with van der Waals surface area (Å²) in [4.78, 5) is 31.7. The fourth-order valence-corrected chi connectivity index (χ4v) is 10.0. The van der Waals surface area contributed by atoms with Crippen LogP contribution >= 0.6 is 23.2 Å². The molecule has 8 nitrogen and oxygen atoms in total. The maximum Gasteiger partial charge on any atom is 0.306 e. The van der Waals surface area contributed by atoms with Gasteiger partial charge in [-0.2, -0.15) is 0 Å². The van der Waals surface area contributed by atoms with E-state index in [1.807, 2.05) is 0 Å². The number of aliphatic carboxylic acids is 1. The lowest BCUT2D eigenvalue weighted by Crippen LogP contribution is -2.53. The first-order chi connectivity index (χ1) is 21.0. The number of ether oxygens (including phenoxy) is 1. The van der Waals surface area contributed by atoms with Gasteiger partial charge in [0.1, 0.15) is 17.2 Å². The van der Waals surface area contributed by atoms with E-state index in [9.17, 15) is 27.5 Å². The summed E-state index contributed by atoms with van der Waals surface area (Å²) in [5.74, 6) is -2.08. The summed E-state index contributed by atoms with van der Waals surface area (Å²) < 4.78 is 47.4. The summed E-state index contributed by atoms with van der Waals surface area (Å²) >= 11 is 12.6. The summed E-state index contributed by atoms with van der Waals surface area (Å²) in [5.41, 5.74) is 1.67. The number of halogens is 3. The number of amides is 1. The predicted octanol–water partition coefficient (Wildman–Crippen LogP) is 6.21. The van der Waals surface area contributed by atoms with Crippen LogP contribution in [-0.4, -0.2) is 47.9 Å². The van der Waals surface area contributed by atoms with Crippen molar-refractivity contribution in [2.24, 2.45) is 11.8 Å². The minimum atomic E-state index is -4.14. The quantitative estimate of drug-likeness (QED) is 0.300. The Morgan fingerprint density at radius 3 is 2.30 bits per heavy atom. The molecule has 0 radical (unpaired) electrons. The van der Waals surface area contributed by atoms with E-state index >= 15 is 0 Å². The molecule has 44 heavy (non-hydrogen) atoms. The van der Waals surface area contributed by atoms with Crippen LogP contribution in [0.5, 0.6) is 5.88 Å². The number of benzene rings is 2. The minimum Gasteiger partial charge on any atom is -0.481 e. The molecule has 1 saturated heterocycles. The molecule has 0 bridgehead atoms. The van der Waals surface area contributed by atoms with Gasteiger partial charge >= 0.3 is 5.97 Å². The van der Waals surface area contributed by atoms with Gasteiger partial charge in [-0.05, 0) is 86.9 Å². The molecule has 2 atom stereocenters. The van der Waals surface area contributed by atoms with E-state index in [2.05, 4.69) is 0 Å². The second-order valence-electron chi connectivity index (χ2n) is 11.7. The van der Waals surface area contributed by atoms with Crippen molar-refractivity contribution in [3.63, 3.8) is 0 Å². The number of fused-ring (bicyclic) bond motifs is 3. The number of nitrogens with zero attached hydrogens (tertiary/aromatic N) is 2. The molecule has 232 valence electrons. The van der Waals surface area contributed by atoms with Crippen molar-refractivity contribution in [2.75, 3.05) is 6.54 Å². The molecule has 3 aromatic rings. The fourth-order valence-electron chi connectivity index (χ4n) is 7.16. The molecule has 2 aromatic carbocycles. The van der Waals surface area contributed by atoms with Gasteiger partial charge in [0.15, 0.2) is 9.84 Å². The summed E-state index contributed by atoms with van der Waals surface area (Å²) in [5, 5.41) is 10.3. The van der Waals surface area contributed by atoms with Gasteiger partial charge in [0.25, 0.3) is 0 Å². The molecule has 2 aliphatic carbocycles. The van der Waals surface area contributed by atoms with Gasteiger partial charge in [-0.15, -0.1) is 0 Å². The Kier molecular flexibility index (Phi) is 8.36. The Labute approximate surface area is 265 Å². The Hall–Kier alpha value is -3.21. The van der Waals surface area contributed by atoms with E-state index in [0.717, 1.165) is 12.1 Å². The monoisotopic (exact) mass is 660 g/mol. The first kappa shape index (κ1) is 30.8. The molecule has 6 rings (SSSR count). The predicted molar refractivity (Wildman–Crippen MR) is 162 cm³/mol. The van der Waals surface area contributed by atoms with Crippen LogP contribution < -0.4 is 4.74 Å². The van der Waals surface area contributed by atoms with Crippen LogP contribution in [-0.2, 0) is 37.2 Å². The molecule has 2 unspecified atom stereocenters. The van der Waals surface area contributed by atoms with Crippen LogP contribution in [0.4, 0.5) is 4.39 Å². The van der Waals surface area contributed by atoms with Crippen LogP contribution in [0.3, 0.4) is 0 Å². The van der Waals surface area contributed by atoms with Crippen molar-refractivity contribution in [3.05, 3.63) is 87.3 Å². The number of carboxylic acids is 1. The highest BCUT2D eigenvalue weighted by Crippen LogP contribution is 2.53. The van der Waals surface area contributed by atoms with Gasteiger partial charge < -0.3 is 14.7 Å². The third-order valence-corrected chi connectivity index (χ3v) is 12.7. The number of likely N-dealkylation sites (tertiary alicyclic amines) is 1. The molecule has 1 amide bonds. The van der Waals surface area contributed by atoms with Crippen LogP contribution in [0.2, 0.25) is 10.0 Å². The number of hydrogen-bond donors (Lipinski definition) is 1. The zero-order chi connectivity index (χ0) is 31.2. The topological polar surface area (TPSA) is 114 Å². The first-order valence-electron chi connectivity index (χ1n) is 14.6. The number of carboxylic acid groups (broad SMARTS) is 1. The third kappa shape index (κ3) is 5.24.